The molecule has 2 aliphatic heterocycles. The number of fused-ring (bicyclic) bond motifs is 1. The molecule has 4 nitrogen and oxygen atoms in total. The highest BCUT2D eigenvalue weighted by Gasteiger charge is 2.34. The molecule has 2 aromatic rings. The summed E-state index contributed by atoms with van der Waals surface area (Å²) < 4.78 is 13.2. The monoisotopic (exact) mass is 381 g/mol. The molecule has 1 amide bonds. The predicted molar refractivity (Wildman–Crippen MR) is 110 cm³/mol. The molecule has 148 valence electrons. The van der Waals surface area contributed by atoms with Crippen LogP contribution >= 0.6 is 0 Å². The summed E-state index contributed by atoms with van der Waals surface area (Å²) in [5.41, 5.74) is 4.84. The van der Waals surface area contributed by atoms with Gasteiger partial charge < -0.3 is 9.80 Å². The molecule has 5 heteroatoms. The fourth-order valence-electron chi connectivity index (χ4n) is 4.34. The van der Waals surface area contributed by atoms with Crippen molar-refractivity contribution >= 4 is 11.6 Å². The van der Waals surface area contributed by atoms with Gasteiger partial charge in [-0.15, -0.1) is 0 Å². The first-order chi connectivity index (χ1) is 13.5. The van der Waals surface area contributed by atoms with Gasteiger partial charge in [0, 0.05) is 39.4 Å². The quantitative estimate of drug-likeness (QED) is 0.812. The molecule has 4 rings (SSSR count). The van der Waals surface area contributed by atoms with Gasteiger partial charge in [0.15, 0.2) is 0 Å². The van der Waals surface area contributed by atoms with Crippen molar-refractivity contribution in [1.82, 2.24) is 9.80 Å². The first-order valence-electron chi connectivity index (χ1n) is 10.1. The summed E-state index contributed by atoms with van der Waals surface area (Å²) in [6, 6.07) is 13.1. The van der Waals surface area contributed by atoms with Gasteiger partial charge in [-0.1, -0.05) is 18.2 Å². The molecular weight excluding hydrogens is 353 g/mol. The van der Waals surface area contributed by atoms with Gasteiger partial charge in [0.25, 0.3) is 0 Å². The van der Waals surface area contributed by atoms with Crippen molar-refractivity contribution in [2.45, 2.75) is 38.4 Å². The Kier molecular flexibility index (Phi) is 5.36. The summed E-state index contributed by atoms with van der Waals surface area (Å²) in [7, 11) is 4.08. The summed E-state index contributed by atoms with van der Waals surface area (Å²) in [6.07, 6.45) is 2.85. The normalized spacial score (nSPS) is 19.5. The van der Waals surface area contributed by atoms with Crippen molar-refractivity contribution in [2.24, 2.45) is 0 Å². The molecule has 28 heavy (non-hydrogen) atoms. The van der Waals surface area contributed by atoms with E-state index in [-0.39, 0.29) is 17.8 Å². The van der Waals surface area contributed by atoms with Crippen LogP contribution in [0.25, 0.3) is 0 Å². The second kappa shape index (κ2) is 7.92. The number of halogens is 1. The maximum atomic E-state index is 13.3. The highest BCUT2D eigenvalue weighted by Crippen LogP contribution is 2.27. The highest BCUT2D eigenvalue weighted by molar-refractivity contribution is 5.82. The lowest BCUT2D eigenvalue weighted by Crippen LogP contribution is -2.47. The lowest BCUT2D eigenvalue weighted by molar-refractivity contribution is -0.137. The predicted octanol–water partition coefficient (Wildman–Crippen LogP) is 3.44. The summed E-state index contributed by atoms with van der Waals surface area (Å²) in [6.45, 7) is 3.10. The van der Waals surface area contributed by atoms with Crippen molar-refractivity contribution in [3.8, 4) is 0 Å². The van der Waals surface area contributed by atoms with Crippen LogP contribution < -0.4 is 4.90 Å². The molecule has 0 unspecified atom stereocenters. The van der Waals surface area contributed by atoms with E-state index >= 15 is 0 Å². The first kappa shape index (κ1) is 18.9. The smallest absolute Gasteiger partial charge is 0.240 e. The number of benzene rings is 2. The van der Waals surface area contributed by atoms with Gasteiger partial charge in [0.2, 0.25) is 5.91 Å². The topological polar surface area (TPSA) is 26.8 Å². The zero-order chi connectivity index (χ0) is 19.7. The number of likely N-dealkylation sites (tertiary alicyclic amines) is 1. The van der Waals surface area contributed by atoms with E-state index in [9.17, 15) is 9.18 Å². The largest absolute Gasteiger partial charge is 0.378 e. The second-order valence-corrected chi connectivity index (χ2v) is 8.11. The Morgan fingerprint density at radius 3 is 2.64 bits per heavy atom. The third-order valence-corrected chi connectivity index (χ3v) is 5.98. The van der Waals surface area contributed by atoms with E-state index < -0.39 is 0 Å². The molecule has 0 aliphatic carbocycles. The third kappa shape index (κ3) is 3.90. The van der Waals surface area contributed by atoms with E-state index in [0.717, 1.165) is 37.9 Å². The number of carbonyl (C=O) groups excluding carboxylic acids is 1. The fraction of sp³-hybridized carbons (Fsp3) is 0.435. The molecule has 1 fully saturated rings. The Balaban J connectivity index is 1.46. The minimum atomic E-state index is -0.220. The fourth-order valence-corrected chi connectivity index (χ4v) is 4.34. The molecule has 0 spiro atoms. The number of rotatable bonds is 4. The van der Waals surface area contributed by atoms with E-state index in [0.29, 0.717) is 13.1 Å². The molecule has 0 radical (unpaired) electrons. The molecule has 1 saturated heterocycles. The summed E-state index contributed by atoms with van der Waals surface area (Å²) in [5, 5.41) is 0. The minimum Gasteiger partial charge on any atom is -0.378 e. The number of hydrogen-bond acceptors (Lipinski definition) is 3. The van der Waals surface area contributed by atoms with E-state index in [1.165, 1.54) is 28.9 Å². The lowest BCUT2D eigenvalue weighted by Gasteiger charge is -2.34. The van der Waals surface area contributed by atoms with E-state index in [4.69, 9.17) is 0 Å². The van der Waals surface area contributed by atoms with Gasteiger partial charge in [-0.05, 0) is 66.8 Å². The molecule has 2 aromatic carbocycles. The Morgan fingerprint density at radius 2 is 1.89 bits per heavy atom. The number of hydrogen-bond donors (Lipinski definition) is 0. The molecule has 1 atom stereocenters. The molecule has 2 heterocycles. The van der Waals surface area contributed by atoms with Crippen LogP contribution in [0.2, 0.25) is 0 Å². The van der Waals surface area contributed by atoms with Crippen LogP contribution in [0.4, 0.5) is 10.1 Å². The zero-order valence-electron chi connectivity index (χ0n) is 16.7. The van der Waals surface area contributed by atoms with Crippen molar-refractivity contribution in [2.75, 3.05) is 32.1 Å². The summed E-state index contributed by atoms with van der Waals surface area (Å²) >= 11 is 0. The van der Waals surface area contributed by atoms with Crippen molar-refractivity contribution in [3.05, 3.63) is 65.0 Å². The first-order valence-corrected chi connectivity index (χ1v) is 10.1. The van der Waals surface area contributed by atoms with Gasteiger partial charge in [0.1, 0.15) is 5.82 Å². The number of anilines is 1. The van der Waals surface area contributed by atoms with Gasteiger partial charge in [-0.3, -0.25) is 9.69 Å². The average Bonchev–Trinajstić information content (AvgIpc) is 3.16. The standard InChI is InChI=1S/C23H28FN3O/c1-25(2)21-10-7-18-11-13-27(16-19(18)14-21)23(28)22-4-3-12-26(22)15-17-5-8-20(24)9-6-17/h5-10,14,22H,3-4,11-13,15-16H2,1-2H3/t22-/m1/s1. The van der Waals surface area contributed by atoms with Crippen LogP contribution in [0.1, 0.15) is 29.5 Å². The van der Waals surface area contributed by atoms with Crippen LogP contribution in [0.5, 0.6) is 0 Å². The maximum Gasteiger partial charge on any atom is 0.240 e. The molecule has 0 saturated carbocycles. The number of carbonyl (C=O) groups is 1. The number of nitrogens with zero attached hydrogens (tertiary/aromatic N) is 3. The van der Waals surface area contributed by atoms with E-state index in [1.807, 2.05) is 31.1 Å². The SMILES string of the molecule is CN(C)c1ccc2c(c1)CN(C(=O)[C@H]1CCCN1Cc1ccc(F)cc1)CC2. The molecule has 0 bridgehead atoms. The molecular formula is C23H28FN3O. The molecule has 0 aromatic heterocycles. The van der Waals surface area contributed by atoms with Crippen LogP contribution in [0.3, 0.4) is 0 Å². The minimum absolute atomic E-state index is 0.0661. The highest BCUT2D eigenvalue weighted by atomic mass is 19.1. The third-order valence-electron chi connectivity index (χ3n) is 5.98. The van der Waals surface area contributed by atoms with Crippen molar-refractivity contribution < 1.29 is 9.18 Å². The van der Waals surface area contributed by atoms with Gasteiger partial charge in [-0.2, -0.15) is 0 Å². The second-order valence-electron chi connectivity index (χ2n) is 8.11. The zero-order valence-corrected chi connectivity index (χ0v) is 16.7. The van der Waals surface area contributed by atoms with Crippen molar-refractivity contribution in [1.29, 1.82) is 0 Å². The molecule has 0 N–H and O–H groups in total. The molecule has 2 aliphatic rings. The number of amides is 1. The summed E-state index contributed by atoms with van der Waals surface area (Å²) in [4.78, 5) is 19.7. The Bertz CT molecular complexity index is 849. The lowest BCUT2D eigenvalue weighted by atomic mass is 9.98. The maximum absolute atomic E-state index is 13.3. The Morgan fingerprint density at radius 1 is 1.11 bits per heavy atom. The van der Waals surface area contributed by atoms with Crippen LogP contribution in [-0.2, 0) is 24.3 Å². The Labute approximate surface area is 166 Å². The van der Waals surface area contributed by atoms with E-state index in [1.54, 1.807) is 0 Å². The van der Waals surface area contributed by atoms with Gasteiger partial charge in [-0.25, -0.2) is 4.39 Å². The Hall–Kier alpha value is -2.40. The van der Waals surface area contributed by atoms with Crippen LogP contribution in [0, 0.1) is 5.82 Å². The van der Waals surface area contributed by atoms with Crippen LogP contribution in [0.15, 0.2) is 42.5 Å². The summed E-state index contributed by atoms with van der Waals surface area (Å²) in [5.74, 6) is 0.0161. The average molecular weight is 381 g/mol. The van der Waals surface area contributed by atoms with E-state index in [2.05, 4.69) is 28.0 Å². The van der Waals surface area contributed by atoms with Gasteiger partial charge >= 0.3 is 0 Å². The van der Waals surface area contributed by atoms with Gasteiger partial charge in [0.05, 0.1) is 6.04 Å². The van der Waals surface area contributed by atoms with Crippen LogP contribution in [-0.4, -0.2) is 48.9 Å². The van der Waals surface area contributed by atoms with Crippen molar-refractivity contribution in [3.63, 3.8) is 0 Å².